The first-order valence-corrected chi connectivity index (χ1v) is 9.75. The SMILES string of the molecule is CS(=O)(=O)CCS(=O)(=O)NC(C(N)=S)c1ccccc1. The first-order chi connectivity index (χ1) is 9.11. The minimum absolute atomic E-state index is 0.0286. The maximum atomic E-state index is 11.9. The Labute approximate surface area is 124 Å². The van der Waals surface area contributed by atoms with Gasteiger partial charge in [-0.2, -0.15) is 0 Å². The van der Waals surface area contributed by atoms with E-state index in [1.54, 1.807) is 30.3 Å². The Hall–Kier alpha value is -1.03. The third kappa shape index (κ3) is 5.95. The van der Waals surface area contributed by atoms with Crippen molar-refractivity contribution < 1.29 is 16.8 Å². The topological polar surface area (TPSA) is 106 Å². The minimum atomic E-state index is -3.80. The number of benzene rings is 1. The quantitative estimate of drug-likeness (QED) is 0.678. The number of hydrogen-bond acceptors (Lipinski definition) is 5. The second kappa shape index (κ2) is 6.61. The molecule has 0 aromatic heterocycles. The Morgan fingerprint density at radius 3 is 2.20 bits per heavy atom. The zero-order valence-corrected chi connectivity index (χ0v) is 13.3. The molecule has 1 unspecified atom stereocenters. The third-order valence-corrected chi connectivity index (χ3v) is 5.21. The highest BCUT2D eigenvalue weighted by Crippen LogP contribution is 2.14. The number of nitrogens with one attached hydrogen (secondary N) is 1. The van der Waals surface area contributed by atoms with Gasteiger partial charge in [0.05, 0.1) is 22.5 Å². The van der Waals surface area contributed by atoms with Gasteiger partial charge in [0.15, 0.2) is 0 Å². The lowest BCUT2D eigenvalue weighted by molar-refractivity contribution is 0.575. The van der Waals surface area contributed by atoms with Gasteiger partial charge in [-0.3, -0.25) is 0 Å². The lowest BCUT2D eigenvalue weighted by atomic mass is 10.1. The maximum Gasteiger partial charge on any atom is 0.213 e. The number of thiocarbonyl (C=S) groups is 1. The van der Waals surface area contributed by atoms with Gasteiger partial charge in [0, 0.05) is 6.26 Å². The van der Waals surface area contributed by atoms with E-state index in [0.29, 0.717) is 5.56 Å². The molecule has 1 aromatic carbocycles. The van der Waals surface area contributed by atoms with Gasteiger partial charge in [0.25, 0.3) is 0 Å². The summed E-state index contributed by atoms with van der Waals surface area (Å²) in [6.45, 7) is 0. The van der Waals surface area contributed by atoms with E-state index in [4.69, 9.17) is 18.0 Å². The van der Waals surface area contributed by atoms with Crippen molar-refractivity contribution in [3.63, 3.8) is 0 Å². The number of sulfonamides is 1. The maximum absolute atomic E-state index is 11.9. The van der Waals surface area contributed by atoms with Gasteiger partial charge in [0.2, 0.25) is 10.0 Å². The lowest BCUT2D eigenvalue weighted by Crippen LogP contribution is -2.38. The zero-order valence-electron chi connectivity index (χ0n) is 10.8. The molecular weight excluding hydrogens is 320 g/mol. The molecule has 0 aliphatic rings. The Balaban J connectivity index is 2.89. The van der Waals surface area contributed by atoms with Crippen molar-refractivity contribution in [2.45, 2.75) is 6.04 Å². The molecule has 1 rings (SSSR count). The van der Waals surface area contributed by atoms with E-state index >= 15 is 0 Å². The molecule has 0 fully saturated rings. The number of sulfone groups is 1. The van der Waals surface area contributed by atoms with E-state index in [1.165, 1.54) is 0 Å². The Bertz CT molecular complexity index is 669. The van der Waals surface area contributed by atoms with Gasteiger partial charge in [-0.05, 0) is 5.56 Å². The van der Waals surface area contributed by atoms with Crippen LogP contribution in [0.2, 0.25) is 0 Å². The Morgan fingerprint density at radius 2 is 1.75 bits per heavy atom. The summed E-state index contributed by atoms with van der Waals surface area (Å²) in [6, 6.07) is 7.75. The monoisotopic (exact) mass is 336 g/mol. The van der Waals surface area contributed by atoms with Crippen LogP contribution in [0.25, 0.3) is 0 Å². The Kier molecular flexibility index (Phi) is 5.63. The molecule has 0 radical (unpaired) electrons. The molecule has 20 heavy (non-hydrogen) atoms. The van der Waals surface area contributed by atoms with Crippen LogP contribution in [-0.4, -0.2) is 39.6 Å². The van der Waals surface area contributed by atoms with E-state index in [2.05, 4.69) is 4.72 Å². The fraction of sp³-hybridized carbons (Fsp3) is 0.364. The highest BCUT2D eigenvalue weighted by molar-refractivity contribution is 7.93. The van der Waals surface area contributed by atoms with Crippen LogP contribution >= 0.6 is 12.2 Å². The molecular formula is C11H16N2O4S3. The molecule has 3 N–H and O–H groups in total. The standard InChI is InChI=1S/C11H16N2O4S3/c1-19(14,15)7-8-20(16,17)13-10(11(12)18)9-5-3-2-4-6-9/h2-6,10,13H,7-8H2,1H3,(H2,12,18). The zero-order chi connectivity index (χ0) is 15.4. The van der Waals surface area contributed by atoms with E-state index in [9.17, 15) is 16.8 Å². The van der Waals surface area contributed by atoms with Crippen molar-refractivity contribution in [3.05, 3.63) is 35.9 Å². The molecule has 1 aromatic rings. The number of hydrogen-bond donors (Lipinski definition) is 2. The fourth-order valence-electron chi connectivity index (χ4n) is 1.44. The molecule has 0 heterocycles. The molecule has 0 saturated heterocycles. The predicted octanol–water partition coefficient (Wildman–Crippen LogP) is -0.0222. The average Bonchev–Trinajstić information content (AvgIpc) is 2.34. The predicted molar refractivity (Wildman–Crippen MR) is 82.6 cm³/mol. The lowest BCUT2D eigenvalue weighted by Gasteiger charge is -2.17. The smallest absolute Gasteiger partial charge is 0.213 e. The van der Waals surface area contributed by atoms with Crippen LogP contribution in [0.5, 0.6) is 0 Å². The van der Waals surface area contributed by atoms with Crippen LogP contribution in [0.4, 0.5) is 0 Å². The summed E-state index contributed by atoms with van der Waals surface area (Å²) in [6.07, 6.45) is 0.977. The van der Waals surface area contributed by atoms with Crippen molar-refractivity contribution in [1.29, 1.82) is 0 Å². The van der Waals surface area contributed by atoms with Gasteiger partial charge >= 0.3 is 0 Å². The van der Waals surface area contributed by atoms with Crippen LogP contribution in [0.3, 0.4) is 0 Å². The van der Waals surface area contributed by atoms with Crippen LogP contribution < -0.4 is 10.5 Å². The van der Waals surface area contributed by atoms with Crippen molar-refractivity contribution in [1.82, 2.24) is 4.72 Å². The van der Waals surface area contributed by atoms with Gasteiger partial charge in [-0.1, -0.05) is 42.5 Å². The summed E-state index contributed by atoms with van der Waals surface area (Å²) in [4.78, 5) is -0.0286. The van der Waals surface area contributed by atoms with E-state index in [0.717, 1.165) is 6.26 Å². The molecule has 0 aliphatic heterocycles. The summed E-state index contributed by atoms with van der Waals surface area (Å²) in [5.41, 5.74) is 6.14. The summed E-state index contributed by atoms with van der Waals surface area (Å²) < 4.78 is 48.1. The third-order valence-electron chi connectivity index (χ3n) is 2.44. The highest BCUT2D eigenvalue weighted by atomic mass is 32.2. The summed E-state index contributed by atoms with van der Waals surface area (Å²) >= 11 is 4.86. The van der Waals surface area contributed by atoms with Gasteiger partial charge < -0.3 is 5.73 Å². The number of nitrogens with two attached hydrogens (primary N) is 1. The summed E-state index contributed by atoms with van der Waals surface area (Å²) in [5.74, 6) is -0.987. The van der Waals surface area contributed by atoms with Crippen LogP contribution in [-0.2, 0) is 19.9 Å². The average molecular weight is 336 g/mol. The summed E-state index contributed by atoms with van der Waals surface area (Å²) in [5, 5.41) is 0. The normalized spacial score (nSPS) is 13.8. The highest BCUT2D eigenvalue weighted by Gasteiger charge is 2.22. The van der Waals surface area contributed by atoms with Crippen molar-refractivity contribution in [2.24, 2.45) is 5.73 Å². The second-order valence-corrected chi connectivity index (χ2v) is 8.92. The summed E-state index contributed by atoms with van der Waals surface area (Å²) in [7, 11) is -7.17. The minimum Gasteiger partial charge on any atom is -0.392 e. The first-order valence-electron chi connectivity index (χ1n) is 5.63. The molecule has 0 amide bonds. The van der Waals surface area contributed by atoms with Gasteiger partial charge in [-0.15, -0.1) is 0 Å². The van der Waals surface area contributed by atoms with E-state index in [1.807, 2.05) is 0 Å². The van der Waals surface area contributed by atoms with E-state index < -0.39 is 37.4 Å². The molecule has 9 heteroatoms. The van der Waals surface area contributed by atoms with Gasteiger partial charge in [-0.25, -0.2) is 21.6 Å². The molecule has 0 bridgehead atoms. The molecule has 0 aliphatic carbocycles. The first kappa shape index (κ1) is 17.0. The van der Waals surface area contributed by atoms with Crippen molar-refractivity contribution in [3.8, 4) is 0 Å². The van der Waals surface area contributed by atoms with Crippen molar-refractivity contribution >= 4 is 37.1 Å². The second-order valence-electron chi connectivity index (χ2n) is 4.31. The van der Waals surface area contributed by atoms with Crippen LogP contribution in [0.15, 0.2) is 30.3 Å². The molecule has 1 atom stereocenters. The van der Waals surface area contributed by atoms with E-state index in [-0.39, 0.29) is 4.99 Å². The molecule has 0 spiro atoms. The largest absolute Gasteiger partial charge is 0.392 e. The fourth-order valence-corrected chi connectivity index (χ4v) is 4.53. The molecule has 0 saturated carbocycles. The van der Waals surface area contributed by atoms with Crippen molar-refractivity contribution in [2.75, 3.05) is 17.8 Å². The van der Waals surface area contributed by atoms with Gasteiger partial charge in [0.1, 0.15) is 9.84 Å². The molecule has 6 nitrogen and oxygen atoms in total. The molecule has 112 valence electrons. The van der Waals surface area contributed by atoms with Crippen LogP contribution in [0.1, 0.15) is 11.6 Å². The number of rotatable bonds is 7. The van der Waals surface area contributed by atoms with Crippen LogP contribution in [0, 0.1) is 0 Å². The Morgan fingerprint density at radius 1 is 1.20 bits per heavy atom.